The SMILES string of the molecule is NC(CC(=O)NO)C(CC(=O)NO)(CC(=O)NO)NCC(=O)NO. The minimum absolute atomic E-state index is 0.582. The van der Waals surface area contributed by atoms with Crippen molar-refractivity contribution < 1.29 is 40.0 Å². The molecule has 0 aliphatic heterocycles. The minimum Gasteiger partial charge on any atom is -0.326 e. The molecule has 0 spiro atoms. The highest BCUT2D eigenvalue weighted by atomic mass is 16.5. The number of hydrogen-bond acceptors (Lipinski definition) is 10. The lowest BCUT2D eigenvalue weighted by Gasteiger charge is -2.38. The smallest absolute Gasteiger partial charge is 0.257 e. The summed E-state index contributed by atoms with van der Waals surface area (Å²) in [5, 5.41) is 36.8. The Labute approximate surface area is 135 Å². The Morgan fingerprint density at radius 3 is 1.58 bits per heavy atom. The quantitative estimate of drug-likeness (QED) is 0.134. The Balaban J connectivity index is 5.60. The number of nitrogens with two attached hydrogens (primary N) is 1. The fraction of sp³-hybridized carbons (Fsp3) is 0.600. The van der Waals surface area contributed by atoms with Gasteiger partial charge >= 0.3 is 0 Å². The minimum atomic E-state index is -1.79. The molecule has 0 bridgehead atoms. The maximum absolute atomic E-state index is 11.5. The third-order valence-electron chi connectivity index (χ3n) is 3.17. The summed E-state index contributed by atoms with van der Waals surface area (Å²) in [5.41, 5.74) is 9.25. The van der Waals surface area contributed by atoms with E-state index in [0.29, 0.717) is 0 Å². The highest BCUT2D eigenvalue weighted by Crippen LogP contribution is 2.22. The van der Waals surface area contributed by atoms with Crippen LogP contribution in [0.4, 0.5) is 0 Å². The number of carbonyl (C=O) groups excluding carboxylic acids is 4. The Hall–Kier alpha value is -2.36. The van der Waals surface area contributed by atoms with E-state index in [0.717, 1.165) is 0 Å². The van der Waals surface area contributed by atoms with Gasteiger partial charge in [0.25, 0.3) is 5.91 Å². The van der Waals surface area contributed by atoms with E-state index >= 15 is 0 Å². The lowest BCUT2D eigenvalue weighted by atomic mass is 9.81. The third-order valence-corrected chi connectivity index (χ3v) is 3.17. The first kappa shape index (κ1) is 21.6. The van der Waals surface area contributed by atoms with Crippen LogP contribution in [0.2, 0.25) is 0 Å². The average molecular weight is 352 g/mol. The van der Waals surface area contributed by atoms with Gasteiger partial charge in [0.2, 0.25) is 17.7 Å². The van der Waals surface area contributed by atoms with E-state index in [2.05, 4.69) is 5.32 Å². The topological polar surface area (TPSA) is 235 Å². The number of hydrogen-bond donors (Lipinski definition) is 10. The molecule has 11 N–H and O–H groups in total. The molecule has 0 fully saturated rings. The molecule has 0 aromatic rings. The first-order valence-electron chi connectivity index (χ1n) is 6.47. The van der Waals surface area contributed by atoms with Crippen LogP contribution in [-0.2, 0) is 19.2 Å². The van der Waals surface area contributed by atoms with Gasteiger partial charge in [-0.3, -0.25) is 40.0 Å². The summed E-state index contributed by atoms with van der Waals surface area (Å²) in [6, 6.07) is -1.33. The van der Waals surface area contributed by atoms with Gasteiger partial charge < -0.3 is 11.1 Å². The predicted octanol–water partition coefficient (Wildman–Crippen LogP) is -4.17. The van der Waals surface area contributed by atoms with Crippen molar-refractivity contribution in [1.29, 1.82) is 0 Å². The van der Waals surface area contributed by atoms with Crippen LogP contribution in [0.3, 0.4) is 0 Å². The van der Waals surface area contributed by atoms with Gasteiger partial charge in [-0.15, -0.1) is 0 Å². The summed E-state index contributed by atoms with van der Waals surface area (Å²) in [5.74, 6) is -3.93. The lowest BCUT2D eigenvalue weighted by Crippen LogP contribution is -2.63. The molecule has 14 nitrogen and oxygen atoms in total. The maximum Gasteiger partial charge on any atom is 0.257 e. The molecule has 14 heteroatoms. The maximum atomic E-state index is 11.5. The van der Waals surface area contributed by atoms with E-state index in [1.807, 2.05) is 0 Å². The highest BCUT2D eigenvalue weighted by molar-refractivity contribution is 5.82. The third kappa shape index (κ3) is 6.82. The summed E-state index contributed by atoms with van der Waals surface area (Å²) < 4.78 is 0. The fourth-order valence-electron chi connectivity index (χ4n) is 1.97. The molecule has 0 rings (SSSR count). The van der Waals surface area contributed by atoms with E-state index in [-0.39, 0.29) is 0 Å². The van der Waals surface area contributed by atoms with Crippen molar-refractivity contribution in [1.82, 2.24) is 27.2 Å². The van der Waals surface area contributed by atoms with Gasteiger partial charge in [0, 0.05) is 25.3 Å². The molecule has 0 aromatic carbocycles. The number of hydroxylamine groups is 4. The Morgan fingerprint density at radius 2 is 1.21 bits per heavy atom. The van der Waals surface area contributed by atoms with Crippen LogP contribution in [0.5, 0.6) is 0 Å². The predicted molar refractivity (Wildman–Crippen MR) is 72.3 cm³/mol. The molecule has 0 aliphatic rings. The molecule has 0 aliphatic carbocycles. The van der Waals surface area contributed by atoms with Crippen LogP contribution in [0.1, 0.15) is 19.3 Å². The van der Waals surface area contributed by atoms with Crippen molar-refractivity contribution in [2.75, 3.05) is 6.54 Å². The zero-order valence-corrected chi connectivity index (χ0v) is 12.4. The zero-order chi connectivity index (χ0) is 18.8. The van der Waals surface area contributed by atoms with Crippen LogP contribution < -0.4 is 33.0 Å². The molecule has 4 amide bonds. The van der Waals surface area contributed by atoms with E-state index in [9.17, 15) is 19.2 Å². The van der Waals surface area contributed by atoms with E-state index < -0.39 is 61.0 Å². The fourth-order valence-corrected chi connectivity index (χ4v) is 1.97. The molecule has 0 saturated heterocycles. The number of rotatable bonds is 10. The number of nitrogens with one attached hydrogen (secondary N) is 5. The number of amides is 4. The van der Waals surface area contributed by atoms with Gasteiger partial charge in [0.15, 0.2) is 0 Å². The number of carbonyl (C=O) groups is 4. The van der Waals surface area contributed by atoms with Crippen molar-refractivity contribution in [2.24, 2.45) is 5.73 Å². The molecule has 0 saturated carbocycles. The summed E-state index contributed by atoms with van der Waals surface area (Å²) >= 11 is 0. The molecule has 0 aromatic heterocycles. The van der Waals surface area contributed by atoms with Crippen LogP contribution in [0.25, 0.3) is 0 Å². The highest BCUT2D eigenvalue weighted by Gasteiger charge is 2.41. The van der Waals surface area contributed by atoms with Gasteiger partial charge in [-0.1, -0.05) is 0 Å². The second-order valence-corrected chi connectivity index (χ2v) is 4.81. The summed E-state index contributed by atoms with van der Waals surface area (Å²) in [6.45, 7) is -0.623. The average Bonchev–Trinajstić information content (AvgIpc) is 2.58. The first-order valence-corrected chi connectivity index (χ1v) is 6.47. The zero-order valence-electron chi connectivity index (χ0n) is 12.4. The van der Waals surface area contributed by atoms with Gasteiger partial charge in [0.05, 0.1) is 12.1 Å². The van der Waals surface area contributed by atoms with Crippen LogP contribution in [0, 0.1) is 0 Å². The summed E-state index contributed by atoms with van der Waals surface area (Å²) in [4.78, 5) is 45.5. The van der Waals surface area contributed by atoms with Crippen LogP contribution in [-0.4, -0.2) is 62.6 Å². The van der Waals surface area contributed by atoms with Crippen molar-refractivity contribution >= 4 is 23.6 Å². The Kier molecular flexibility index (Phi) is 9.40. The Bertz CT molecular complexity index is 454. The van der Waals surface area contributed by atoms with Gasteiger partial charge in [-0.25, -0.2) is 21.9 Å². The van der Waals surface area contributed by atoms with Crippen molar-refractivity contribution in [3.05, 3.63) is 0 Å². The lowest BCUT2D eigenvalue weighted by molar-refractivity contribution is -0.137. The molecule has 0 radical (unpaired) electrons. The van der Waals surface area contributed by atoms with Crippen molar-refractivity contribution in [3.63, 3.8) is 0 Å². The molecule has 1 atom stereocenters. The first-order chi connectivity index (χ1) is 11.2. The van der Waals surface area contributed by atoms with Gasteiger partial charge in [-0.2, -0.15) is 0 Å². The van der Waals surface area contributed by atoms with Crippen molar-refractivity contribution in [2.45, 2.75) is 30.8 Å². The standard InChI is InChI=1S/C10H20N6O8/c11-5(1-6(17)13-21)10(2-7(18)14-22,3-8(19)15-23)12-4-9(20)16-24/h5,12,21-24H,1-4,11H2,(H,13,17)(H,14,18)(H,15,19)(H,16,20). The van der Waals surface area contributed by atoms with E-state index in [1.165, 1.54) is 21.9 Å². The van der Waals surface area contributed by atoms with Crippen LogP contribution >= 0.6 is 0 Å². The van der Waals surface area contributed by atoms with Crippen LogP contribution in [0.15, 0.2) is 0 Å². The molecular formula is C10H20N6O8. The molecular weight excluding hydrogens is 332 g/mol. The normalized spacial score (nSPS) is 12.0. The second kappa shape index (κ2) is 10.4. The summed E-state index contributed by atoms with van der Waals surface area (Å²) in [6.07, 6.45) is -1.95. The Morgan fingerprint density at radius 1 is 0.792 bits per heavy atom. The monoisotopic (exact) mass is 352 g/mol. The molecule has 0 heterocycles. The van der Waals surface area contributed by atoms with Crippen molar-refractivity contribution in [3.8, 4) is 0 Å². The van der Waals surface area contributed by atoms with E-state index in [1.54, 1.807) is 0 Å². The van der Waals surface area contributed by atoms with Gasteiger partial charge in [0.1, 0.15) is 0 Å². The molecule has 138 valence electrons. The van der Waals surface area contributed by atoms with Gasteiger partial charge in [-0.05, 0) is 0 Å². The second-order valence-electron chi connectivity index (χ2n) is 4.81. The summed E-state index contributed by atoms with van der Waals surface area (Å²) in [7, 11) is 0. The molecule has 24 heavy (non-hydrogen) atoms. The molecule has 1 unspecified atom stereocenters. The largest absolute Gasteiger partial charge is 0.326 e. The van der Waals surface area contributed by atoms with E-state index in [4.69, 9.17) is 26.6 Å².